The van der Waals surface area contributed by atoms with Crippen molar-refractivity contribution >= 4 is 22.6 Å². The Morgan fingerprint density at radius 1 is 1.36 bits per heavy atom. The molecule has 1 aromatic rings. The number of aryl methyl sites for hydroxylation is 1. The molecule has 0 spiro atoms. The monoisotopic (exact) mass is 262 g/mol. The Labute approximate surface area is 80.9 Å². The molecule has 0 heterocycles. The number of hydrogen-bond acceptors (Lipinski definition) is 1. The van der Waals surface area contributed by atoms with Gasteiger partial charge in [-0.3, -0.25) is 0 Å². The van der Waals surface area contributed by atoms with Gasteiger partial charge in [0.05, 0.1) is 6.61 Å². The molecule has 2 heteroatoms. The lowest BCUT2D eigenvalue weighted by Crippen LogP contribution is -1.89. The maximum atomic E-state index is 5.03. The molecule has 0 fully saturated rings. The molecule has 0 bridgehead atoms. The molecule has 0 aromatic heterocycles. The molecule has 0 aliphatic rings. The summed E-state index contributed by atoms with van der Waals surface area (Å²) in [5.41, 5.74) is 2.54. The number of hydrogen-bond donors (Lipinski definition) is 0. The minimum atomic E-state index is 0.706. The van der Waals surface area contributed by atoms with Crippen molar-refractivity contribution in [3.63, 3.8) is 0 Å². The van der Waals surface area contributed by atoms with E-state index >= 15 is 0 Å². The summed E-state index contributed by atoms with van der Waals surface area (Å²) in [6.45, 7) is 2.80. The molecule has 1 nitrogen and oxygen atoms in total. The van der Waals surface area contributed by atoms with E-state index in [0.29, 0.717) is 6.61 Å². The van der Waals surface area contributed by atoms with Gasteiger partial charge in [-0.15, -0.1) is 0 Å². The first-order chi connectivity index (χ1) is 5.22. The predicted molar refractivity (Wildman–Crippen MR) is 54.6 cm³/mol. The molecule has 0 saturated heterocycles. The zero-order valence-corrected chi connectivity index (χ0v) is 8.88. The molecule has 0 unspecified atom stereocenters. The second-order valence-electron chi connectivity index (χ2n) is 2.57. The lowest BCUT2D eigenvalue weighted by molar-refractivity contribution is 0.185. The minimum absolute atomic E-state index is 0.706. The van der Waals surface area contributed by atoms with Crippen molar-refractivity contribution in [2.75, 3.05) is 7.11 Å². The Morgan fingerprint density at radius 3 is 2.64 bits per heavy atom. The van der Waals surface area contributed by atoms with Gasteiger partial charge >= 0.3 is 0 Å². The molecular formula is C9H11IO. The number of ether oxygens (including phenoxy) is 1. The third kappa shape index (κ3) is 2.79. The first-order valence-electron chi connectivity index (χ1n) is 3.47. The van der Waals surface area contributed by atoms with Crippen molar-refractivity contribution in [3.8, 4) is 0 Å². The van der Waals surface area contributed by atoms with Gasteiger partial charge in [-0.1, -0.05) is 6.07 Å². The van der Waals surface area contributed by atoms with Crippen LogP contribution in [0.2, 0.25) is 0 Å². The average Bonchev–Trinajstić information content (AvgIpc) is 1.85. The van der Waals surface area contributed by atoms with Crippen LogP contribution >= 0.6 is 22.6 Å². The summed E-state index contributed by atoms with van der Waals surface area (Å²) in [4.78, 5) is 0. The number of rotatable bonds is 2. The van der Waals surface area contributed by atoms with E-state index in [1.54, 1.807) is 7.11 Å². The summed E-state index contributed by atoms with van der Waals surface area (Å²) in [6.07, 6.45) is 0. The molecular weight excluding hydrogens is 251 g/mol. The van der Waals surface area contributed by atoms with Crippen molar-refractivity contribution in [2.24, 2.45) is 0 Å². The maximum absolute atomic E-state index is 5.03. The highest BCUT2D eigenvalue weighted by atomic mass is 127. The van der Waals surface area contributed by atoms with Crippen LogP contribution in [0, 0.1) is 10.5 Å². The Bertz CT molecular complexity index is 225. The SMILES string of the molecule is COCc1cc(C)cc(I)c1. The van der Waals surface area contributed by atoms with E-state index in [-0.39, 0.29) is 0 Å². The van der Waals surface area contributed by atoms with Crippen LogP contribution in [-0.4, -0.2) is 7.11 Å². The Hall–Kier alpha value is -0.0900. The van der Waals surface area contributed by atoms with E-state index in [0.717, 1.165) is 0 Å². The van der Waals surface area contributed by atoms with E-state index in [1.807, 2.05) is 0 Å². The van der Waals surface area contributed by atoms with Crippen LogP contribution in [0.4, 0.5) is 0 Å². The van der Waals surface area contributed by atoms with Gasteiger partial charge in [0.1, 0.15) is 0 Å². The molecule has 11 heavy (non-hydrogen) atoms. The maximum Gasteiger partial charge on any atom is 0.0713 e. The lowest BCUT2D eigenvalue weighted by atomic mass is 10.1. The molecule has 0 saturated carbocycles. The fourth-order valence-corrected chi connectivity index (χ4v) is 1.95. The zero-order chi connectivity index (χ0) is 8.27. The van der Waals surface area contributed by atoms with Crippen LogP contribution in [0.15, 0.2) is 18.2 Å². The molecule has 0 aliphatic carbocycles. The fraction of sp³-hybridized carbons (Fsp3) is 0.333. The standard InChI is InChI=1S/C9H11IO/c1-7-3-8(6-11-2)5-9(10)4-7/h3-5H,6H2,1-2H3. The lowest BCUT2D eigenvalue weighted by Gasteiger charge is -2.01. The second-order valence-corrected chi connectivity index (χ2v) is 3.82. The van der Waals surface area contributed by atoms with Crippen LogP contribution in [0.3, 0.4) is 0 Å². The van der Waals surface area contributed by atoms with Gasteiger partial charge in [0.15, 0.2) is 0 Å². The van der Waals surface area contributed by atoms with Crippen molar-refractivity contribution in [1.82, 2.24) is 0 Å². The highest BCUT2D eigenvalue weighted by Gasteiger charge is 1.94. The molecule has 0 aliphatic heterocycles. The van der Waals surface area contributed by atoms with Crippen LogP contribution in [0.1, 0.15) is 11.1 Å². The third-order valence-electron chi connectivity index (χ3n) is 1.41. The number of halogens is 1. The number of benzene rings is 1. The Kier molecular flexibility index (Phi) is 3.33. The van der Waals surface area contributed by atoms with Crippen LogP contribution in [0.5, 0.6) is 0 Å². The topological polar surface area (TPSA) is 9.23 Å². The summed E-state index contributed by atoms with van der Waals surface area (Å²) in [5, 5.41) is 0. The van der Waals surface area contributed by atoms with Gasteiger partial charge < -0.3 is 4.74 Å². The summed E-state index contributed by atoms with van der Waals surface area (Å²) in [6, 6.07) is 6.43. The Balaban J connectivity index is 2.89. The molecule has 0 radical (unpaired) electrons. The van der Waals surface area contributed by atoms with Crippen LogP contribution in [-0.2, 0) is 11.3 Å². The average molecular weight is 262 g/mol. The van der Waals surface area contributed by atoms with E-state index in [1.165, 1.54) is 14.7 Å². The molecule has 0 atom stereocenters. The summed E-state index contributed by atoms with van der Waals surface area (Å²) in [7, 11) is 1.72. The van der Waals surface area contributed by atoms with Gasteiger partial charge in [-0.2, -0.15) is 0 Å². The van der Waals surface area contributed by atoms with Crippen molar-refractivity contribution in [3.05, 3.63) is 32.9 Å². The largest absolute Gasteiger partial charge is 0.380 e. The Morgan fingerprint density at radius 2 is 2.09 bits per heavy atom. The van der Waals surface area contributed by atoms with Gasteiger partial charge in [-0.05, 0) is 52.8 Å². The molecule has 60 valence electrons. The molecule has 0 amide bonds. The summed E-state index contributed by atoms with van der Waals surface area (Å²) < 4.78 is 6.31. The van der Waals surface area contributed by atoms with E-state index in [2.05, 4.69) is 47.7 Å². The first-order valence-corrected chi connectivity index (χ1v) is 4.55. The highest BCUT2D eigenvalue weighted by Crippen LogP contribution is 2.12. The first kappa shape index (κ1) is 9.00. The second kappa shape index (κ2) is 4.07. The normalized spacial score (nSPS) is 10.1. The van der Waals surface area contributed by atoms with Gasteiger partial charge in [0.2, 0.25) is 0 Å². The van der Waals surface area contributed by atoms with Gasteiger partial charge in [0, 0.05) is 10.7 Å². The van der Waals surface area contributed by atoms with Crippen molar-refractivity contribution in [2.45, 2.75) is 13.5 Å². The van der Waals surface area contributed by atoms with E-state index in [4.69, 9.17) is 4.74 Å². The van der Waals surface area contributed by atoms with Gasteiger partial charge in [0.25, 0.3) is 0 Å². The van der Waals surface area contributed by atoms with Crippen LogP contribution < -0.4 is 0 Å². The van der Waals surface area contributed by atoms with E-state index in [9.17, 15) is 0 Å². The van der Waals surface area contributed by atoms with Crippen LogP contribution in [0.25, 0.3) is 0 Å². The number of methoxy groups -OCH3 is 1. The zero-order valence-electron chi connectivity index (χ0n) is 6.73. The molecule has 1 rings (SSSR count). The van der Waals surface area contributed by atoms with E-state index < -0.39 is 0 Å². The quantitative estimate of drug-likeness (QED) is 0.744. The van der Waals surface area contributed by atoms with Gasteiger partial charge in [-0.25, -0.2) is 0 Å². The highest BCUT2D eigenvalue weighted by molar-refractivity contribution is 14.1. The minimum Gasteiger partial charge on any atom is -0.380 e. The summed E-state index contributed by atoms with van der Waals surface area (Å²) in [5.74, 6) is 0. The third-order valence-corrected chi connectivity index (χ3v) is 2.04. The molecule has 0 N–H and O–H groups in total. The van der Waals surface area contributed by atoms with Crippen molar-refractivity contribution < 1.29 is 4.74 Å². The fourth-order valence-electron chi connectivity index (χ4n) is 1.06. The summed E-state index contributed by atoms with van der Waals surface area (Å²) >= 11 is 2.32. The predicted octanol–water partition coefficient (Wildman–Crippen LogP) is 2.75. The smallest absolute Gasteiger partial charge is 0.0713 e. The van der Waals surface area contributed by atoms with Crippen molar-refractivity contribution in [1.29, 1.82) is 0 Å². The molecule has 1 aromatic carbocycles.